The maximum absolute atomic E-state index is 11.3. The molecule has 0 heterocycles. The molecule has 2 rings (SSSR count). The van der Waals surface area contributed by atoms with Crippen LogP contribution in [0, 0.1) is 0 Å². The molecule has 6 heteroatoms. The summed E-state index contributed by atoms with van der Waals surface area (Å²) in [6, 6.07) is 12.6. The number of anilines is 2. The Morgan fingerprint density at radius 3 is 1.78 bits per heavy atom. The van der Waals surface area contributed by atoms with E-state index < -0.39 is 11.7 Å². The molecule has 0 atom stereocenters. The molecule has 0 saturated carbocycles. The number of phenolic OH excluding ortho intramolecular Hbond substituents is 2. The predicted octanol–water partition coefficient (Wildman–Crippen LogP) is 3.71. The summed E-state index contributed by atoms with van der Waals surface area (Å²) in [7, 11) is 0. The second-order valence-electron chi connectivity index (χ2n) is 5.77. The third kappa shape index (κ3) is 8.21. The SMILES string of the molecule is CC(C)(C)OC(=O)Nc1ccc(O)cc1.Nc1ccc(O)cc1. The molecular formula is C17H22N2O4. The number of hydrogen-bond acceptors (Lipinski definition) is 5. The van der Waals surface area contributed by atoms with Crippen LogP contribution in [0.5, 0.6) is 11.5 Å². The second-order valence-corrected chi connectivity index (χ2v) is 5.77. The molecule has 23 heavy (non-hydrogen) atoms. The number of nitrogen functional groups attached to an aromatic ring is 1. The van der Waals surface area contributed by atoms with Crippen molar-refractivity contribution in [2.75, 3.05) is 11.1 Å². The fourth-order valence-electron chi connectivity index (χ4n) is 1.44. The lowest BCUT2D eigenvalue weighted by Crippen LogP contribution is -2.27. The molecule has 1 amide bonds. The number of carbonyl (C=O) groups is 1. The van der Waals surface area contributed by atoms with Gasteiger partial charge in [0.15, 0.2) is 0 Å². The van der Waals surface area contributed by atoms with Crippen LogP contribution in [0.25, 0.3) is 0 Å². The zero-order chi connectivity index (χ0) is 17.5. The maximum Gasteiger partial charge on any atom is 0.412 e. The van der Waals surface area contributed by atoms with Crippen LogP contribution in [0.4, 0.5) is 16.2 Å². The monoisotopic (exact) mass is 318 g/mol. The van der Waals surface area contributed by atoms with E-state index in [2.05, 4.69) is 5.32 Å². The number of ether oxygens (including phenoxy) is 1. The largest absolute Gasteiger partial charge is 0.508 e. The highest BCUT2D eigenvalue weighted by molar-refractivity contribution is 5.84. The van der Waals surface area contributed by atoms with Crippen LogP contribution in [-0.2, 0) is 4.74 Å². The molecule has 0 bridgehead atoms. The summed E-state index contributed by atoms with van der Waals surface area (Å²) in [4.78, 5) is 11.3. The lowest BCUT2D eigenvalue weighted by Gasteiger charge is -2.19. The van der Waals surface area contributed by atoms with Crippen molar-refractivity contribution >= 4 is 17.5 Å². The molecule has 124 valence electrons. The van der Waals surface area contributed by atoms with Gasteiger partial charge < -0.3 is 20.7 Å². The standard InChI is InChI=1S/C11H15NO3.C6H7NO/c1-11(2,3)15-10(14)12-8-4-6-9(13)7-5-8;7-5-1-3-6(8)4-2-5/h4-7,13H,1-3H3,(H,12,14);1-4,8H,7H2. The van der Waals surface area contributed by atoms with Crippen molar-refractivity contribution in [2.45, 2.75) is 26.4 Å². The fourth-order valence-corrected chi connectivity index (χ4v) is 1.44. The quantitative estimate of drug-likeness (QED) is 0.474. The molecule has 0 aliphatic heterocycles. The van der Waals surface area contributed by atoms with Crippen molar-refractivity contribution in [3.05, 3.63) is 48.5 Å². The summed E-state index contributed by atoms with van der Waals surface area (Å²) in [6.45, 7) is 5.39. The van der Waals surface area contributed by atoms with Gasteiger partial charge in [0.25, 0.3) is 0 Å². The molecule has 0 saturated heterocycles. The summed E-state index contributed by atoms with van der Waals surface area (Å²) in [5.41, 5.74) is 6.06. The third-order valence-electron chi connectivity index (χ3n) is 2.41. The topological polar surface area (TPSA) is 105 Å². The summed E-state index contributed by atoms with van der Waals surface area (Å²) < 4.78 is 5.06. The molecule has 0 aromatic heterocycles. The Morgan fingerprint density at radius 2 is 1.39 bits per heavy atom. The molecule has 0 aliphatic rings. The Labute approximate surface area is 135 Å². The van der Waals surface area contributed by atoms with Gasteiger partial charge in [0.2, 0.25) is 0 Å². The molecule has 2 aromatic carbocycles. The number of hydrogen-bond donors (Lipinski definition) is 4. The highest BCUT2D eigenvalue weighted by atomic mass is 16.6. The van der Waals surface area contributed by atoms with Gasteiger partial charge in [0, 0.05) is 11.4 Å². The summed E-state index contributed by atoms with van der Waals surface area (Å²) in [5, 5.41) is 20.3. The van der Waals surface area contributed by atoms with Crippen LogP contribution in [0.2, 0.25) is 0 Å². The summed E-state index contributed by atoms with van der Waals surface area (Å²) >= 11 is 0. The van der Waals surface area contributed by atoms with E-state index in [0.29, 0.717) is 11.4 Å². The number of aromatic hydroxyl groups is 2. The highest BCUT2D eigenvalue weighted by Crippen LogP contribution is 2.15. The minimum absolute atomic E-state index is 0.157. The molecule has 6 nitrogen and oxygen atoms in total. The van der Waals surface area contributed by atoms with E-state index in [0.717, 1.165) is 0 Å². The van der Waals surface area contributed by atoms with Crippen molar-refractivity contribution < 1.29 is 19.7 Å². The van der Waals surface area contributed by atoms with Crippen LogP contribution in [0.3, 0.4) is 0 Å². The molecule has 0 spiro atoms. The zero-order valence-corrected chi connectivity index (χ0v) is 13.4. The predicted molar refractivity (Wildman–Crippen MR) is 90.5 cm³/mol. The Balaban J connectivity index is 0.000000277. The first kappa shape index (κ1) is 18.2. The zero-order valence-electron chi connectivity index (χ0n) is 13.4. The maximum atomic E-state index is 11.3. The first-order valence-corrected chi connectivity index (χ1v) is 6.99. The van der Waals surface area contributed by atoms with Gasteiger partial charge >= 0.3 is 6.09 Å². The van der Waals surface area contributed by atoms with E-state index in [9.17, 15) is 4.79 Å². The summed E-state index contributed by atoms with van der Waals surface area (Å²) in [6.07, 6.45) is -0.506. The van der Waals surface area contributed by atoms with Gasteiger partial charge in [0.1, 0.15) is 17.1 Å². The average Bonchev–Trinajstić information content (AvgIpc) is 2.43. The molecule has 0 aliphatic carbocycles. The van der Waals surface area contributed by atoms with E-state index in [1.54, 1.807) is 57.2 Å². The van der Waals surface area contributed by atoms with Crippen molar-refractivity contribution in [2.24, 2.45) is 0 Å². The van der Waals surface area contributed by atoms with Gasteiger partial charge in [-0.15, -0.1) is 0 Å². The number of nitrogens with two attached hydrogens (primary N) is 1. The first-order chi connectivity index (χ1) is 10.7. The normalized spacial score (nSPS) is 10.2. The Bertz CT molecular complexity index is 596. The highest BCUT2D eigenvalue weighted by Gasteiger charge is 2.15. The van der Waals surface area contributed by atoms with Crippen LogP contribution in [-0.4, -0.2) is 21.9 Å². The van der Waals surface area contributed by atoms with Crippen LogP contribution in [0.15, 0.2) is 48.5 Å². The minimum Gasteiger partial charge on any atom is -0.508 e. The second kappa shape index (κ2) is 7.93. The van der Waals surface area contributed by atoms with E-state index >= 15 is 0 Å². The Hall–Kier alpha value is -2.89. The van der Waals surface area contributed by atoms with E-state index in [1.807, 2.05) is 0 Å². The van der Waals surface area contributed by atoms with Crippen molar-refractivity contribution in [3.63, 3.8) is 0 Å². The number of carbonyl (C=O) groups excluding carboxylic acids is 1. The number of phenols is 2. The summed E-state index contributed by atoms with van der Waals surface area (Å²) in [5.74, 6) is 0.406. The van der Waals surface area contributed by atoms with Crippen molar-refractivity contribution in [1.82, 2.24) is 0 Å². The smallest absolute Gasteiger partial charge is 0.412 e. The van der Waals surface area contributed by atoms with Gasteiger partial charge in [-0.1, -0.05) is 0 Å². The van der Waals surface area contributed by atoms with Crippen molar-refractivity contribution in [1.29, 1.82) is 0 Å². The van der Waals surface area contributed by atoms with Crippen LogP contribution >= 0.6 is 0 Å². The third-order valence-corrected chi connectivity index (χ3v) is 2.41. The minimum atomic E-state index is -0.513. The number of benzene rings is 2. The molecular weight excluding hydrogens is 296 g/mol. The molecule has 2 aromatic rings. The number of rotatable bonds is 1. The van der Waals surface area contributed by atoms with Gasteiger partial charge in [-0.3, -0.25) is 5.32 Å². The Kier molecular flexibility index (Phi) is 6.26. The first-order valence-electron chi connectivity index (χ1n) is 6.99. The van der Waals surface area contributed by atoms with Crippen molar-refractivity contribution in [3.8, 4) is 11.5 Å². The fraction of sp³-hybridized carbons (Fsp3) is 0.235. The Morgan fingerprint density at radius 1 is 0.957 bits per heavy atom. The van der Waals surface area contributed by atoms with E-state index in [1.165, 1.54) is 12.1 Å². The van der Waals surface area contributed by atoms with E-state index in [4.69, 9.17) is 20.7 Å². The van der Waals surface area contributed by atoms with Gasteiger partial charge in [-0.05, 0) is 69.3 Å². The van der Waals surface area contributed by atoms with Gasteiger partial charge in [-0.25, -0.2) is 4.79 Å². The number of amides is 1. The lowest BCUT2D eigenvalue weighted by atomic mass is 10.2. The average molecular weight is 318 g/mol. The lowest BCUT2D eigenvalue weighted by molar-refractivity contribution is 0.0636. The van der Waals surface area contributed by atoms with Gasteiger partial charge in [0.05, 0.1) is 0 Å². The molecule has 0 unspecified atom stereocenters. The molecule has 5 N–H and O–H groups in total. The number of nitrogens with one attached hydrogen (secondary N) is 1. The van der Waals surface area contributed by atoms with E-state index in [-0.39, 0.29) is 11.5 Å². The molecule has 0 fully saturated rings. The van der Waals surface area contributed by atoms with Crippen LogP contribution < -0.4 is 11.1 Å². The van der Waals surface area contributed by atoms with Gasteiger partial charge in [-0.2, -0.15) is 0 Å². The molecule has 0 radical (unpaired) electrons. The van der Waals surface area contributed by atoms with Crippen LogP contribution in [0.1, 0.15) is 20.8 Å².